The lowest BCUT2D eigenvalue weighted by atomic mass is 9.83. The van der Waals surface area contributed by atoms with E-state index in [1.807, 2.05) is 19.9 Å². The second kappa shape index (κ2) is 13.1. The Bertz CT molecular complexity index is 1880. The van der Waals surface area contributed by atoms with Gasteiger partial charge < -0.3 is 19.3 Å². The predicted octanol–water partition coefficient (Wildman–Crippen LogP) is 6.23. The molecule has 1 aliphatic heterocycles. The number of esters is 1. The van der Waals surface area contributed by atoms with Gasteiger partial charge in [-0.1, -0.05) is 18.2 Å². The molecule has 1 saturated carbocycles. The summed E-state index contributed by atoms with van der Waals surface area (Å²) in [6, 6.07) is 14.5. The molecule has 2 fully saturated rings. The number of aromatic nitrogens is 2. The van der Waals surface area contributed by atoms with Crippen LogP contribution in [0.4, 0.5) is 10.1 Å². The van der Waals surface area contributed by atoms with E-state index in [-0.39, 0.29) is 24.8 Å². The molecule has 250 valence electrons. The smallest absolute Gasteiger partial charge is 0.357 e. The zero-order valence-electron chi connectivity index (χ0n) is 26.9. The highest BCUT2D eigenvalue weighted by Crippen LogP contribution is 2.42. The minimum atomic E-state index is -4.20. The summed E-state index contributed by atoms with van der Waals surface area (Å²) >= 11 is 1.38. The first-order valence-electron chi connectivity index (χ1n) is 16.1. The number of aliphatic hydroxyl groups is 1. The summed E-state index contributed by atoms with van der Waals surface area (Å²) in [5.41, 5.74) is 5.04. The molecule has 9 nitrogen and oxygen atoms in total. The van der Waals surface area contributed by atoms with Crippen molar-refractivity contribution in [2.24, 2.45) is 17.0 Å². The molecular formula is C35H41FN4O5S2. The molecule has 0 radical (unpaired) electrons. The fourth-order valence-corrected chi connectivity index (χ4v) is 7.88. The van der Waals surface area contributed by atoms with Gasteiger partial charge in [0.05, 0.1) is 12.2 Å². The summed E-state index contributed by atoms with van der Waals surface area (Å²) in [5.74, 6) is -0.613. The maximum atomic E-state index is 15.0. The van der Waals surface area contributed by atoms with E-state index in [1.165, 1.54) is 23.5 Å². The SMILES string of the molecule is CCOC(=O)c1csc(-c2cc(-c3cccc(N4CCC(C(C)(C)O)CC4)c3)n(Cc3ccc(S(N)(=O)=O)c(F)c3)c2CC2CC2)n1. The molecule has 0 spiro atoms. The third kappa shape index (κ3) is 7.45. The van der Waals surface area contributed by atoms with Gasteiger partial charge in [-0.3, -0.25) is 0 Å². The van der Waals surface area contributed by atoms with Crippen molar-refractivity contribution in [3.63, 3.8) is 0 Å². The number of sulfonamides is 1. The lowest BCUT2D eigenvalue weighted by molar-refractivity contribution is 0.00650. The van der Waals surface area contributed by atoms with Crippen molar-refractivity contribution in [1.29, 1.82) is 0 Å². The van der Waals surface area contributed by atoms with Gasteiger partial charge in [0.2, 0.25) is 10.0 Å². The molecule has 3 N–H and O–H groups in total. The summed E-state index contributed by atoms with van der Waals surface area (Å²) in [4.78, 5) is 19.0. The molecule has 47 heavy (non-hydrogen) atoms. The first-order valence-corrected chi connectivity index (χ1v) is 18.5. The Morgan fingerprint density at radius 3 is 2.51 bits per heavy atom. The van der Waals surface area contributed by atoms with Gasteiger partial charge in [0.15, 0.2) is 5.69 Å². The number of primary sulfonamides is 1. The Balaban J connectivity index is 1.43. The summed E-state index contributed by atoms with van der Waals surface area (Å²) in [7, 11) is -4.20. The van der Waals surface area contributed by atoms with Gasteiger partial charge >= 0.3 is 5.97 Å². The van der Waals surface area contributed by atoms with Crippen molar-refractivity contribution in [2.45, 2.75) is 69.9 Å². The second-order valence-corrected chi connectivity index (χ2v) is 15.5. The molecule has 1 saturated heterocycles. The second-order valence-electron chi connectivity index (χ2n) is 13.2. The number of ether oxygens (including phenoxy) is 1. The Morgan fingerprint density at radius 1 is 1.13 bits per heavy atom. The molecule has 2 aliphatic rings. The molecule has 6 rings (SSSR count). The average molecular weight is 681 g/mol. The average Bonchev–Trinajstić information content (AvgIpc) is 3.58. The standard InChI is InChI=1S/C35H41FN4O5S2/c1-4-45-34(41)29-21-46-33(38-29)27-19-30(24-6-5-7-26(18-24)39-14-12-25(13-15-39)35(2,3)42)40(31(27)17-22-8-9-22)20-23-10-11-32(28(36)16-23)47(37,43)44/h5-7,10-11,16,18-19,21-22,25,42H,4,8-9,12-15,17,20H2,1-3H3,(H2,37,43,44). The van der Waals surface area contributed by atoms with Crippen LogP contribution in [0.3, 0.4) is 0 Å². The first-order chi connectivity index (χ1) is 22.3. The molecule has 2 aromatic carbocycles. The van der Waals surface area contributed by atoms with Crippen molar-refractivity contribution in [2.75, 3.05) is 24.6 Å². The molecular weight excluding hydrogens is 640 g/mol. The highest BCUT2D eigenvalue weighted by molar-refractivity contribution is 7.89. The van der Waals surface area contributed by atoms with Crippen LogP contribution in [0.2, 0.25) is 0 Å². The van der Waals surface area contributed by atoms with E-state index < -0.39 is 32.3 Å². The largest absolute Gasteiger partial charge is 0.461 e. The fraction of sp³-hybridized carbons (Fsp3) is 0.429. The van der Waals surface area contributed by atoms with E-state index in [0.717, 1.165) is 73.4 Å². The maximum absolute atomic E-state index is 15.0. The minimum absolute atomic E-state index is 0.241. The quantitative estimate of drug-likeness (QED) is 0.180. The number of rotatable bonds is 11. The van der Waals surface area contributed by atoms with Crippen molar-refractivity contribution >= 4 is 33.0 Å². The number of anilines is 1. The van der Waals surface area contributed by atoms with Crippen LogP contribution in [-0.2, 0) is 27.7 Å². The number of piperidine rings is 1. The maximum Gasteiger partial charge on any atom is 0.357 e. The lowest BCUT2D eigenvalue weighted by Gasteiger charge is -2.39. The van der Waals surface area contributed by atoms with Crippen molar-refractivity contribution in [1.82, 2.24) is 9.55 Å². The number of nitrogens with zero attached hydrogens (tertiary/aromatic N) is 3. The topological polar surface area (TPSA) is 128 Å². The highest BCUT2D eigenvalue weighted by Gasteiger charge is 2.31. The Kier molecular flexibility index (Phi) is 9.32. The lowest BCUT2D eigenvalue weighted by Crippen LogP contribution is -2.41. The summed E-state index contributed by atoms with van der Waals surface area (Å²) in [6.07, 6.45) is 4.80. The summed E-state index contributed by atoms with van der Waals surface area (Å²) < 4.78 is 46.2. The molecule has 4 aromatic rings. The summed E-state index contributed by atoms with van der Waals surface area (Å²) in [5, 5.41) is 18.2. The van der Waals surface area contributed by atoms with Crippen LogP contribution in [0.1, 0.15) is 68.2 Å². The van der Waals surface area contributed by atoms with E-state index in [4.69, 9.17) is 9.88 Å². The van der Waals surface area contributed by atoms with Crippen LogP contribution < -0.4 is 10.0 Å². The monoisotopic (exact) mass is 680 g/mol. The molecule has 1 aliphatic carbocycles. The minimum Gasteiger partial charge on any atom is -0.461 e. The van der Waals surface area contributed by atoms with Gasteiger partial charge in [-0.25, -0.2) is 27.7 Å². The first kappa shape index (κ1) is 33.3. The van der Waals surface area contributed by atoms with Crippen molar-refractivity contribution in [3.05, 3.63) is 76.7 Å². The molecule has 12 heteroatoms. The zero-order chi connectivity index (χ0) is 33.5. The van der Waals surface area contributed by atoms with Gasteiger partial charge in [-0.2, -0.15) is 0 Å². The normalized spacial score (nSPS) is 16.1. The Hall–Kier alpha value is -3.58. The van der Waals surface area contributed by atoms with Gasteiger partial charge in [-0.05, 0) is 101 Å². The number of nitrogens with two attached hydrogens (primary N) is 1. The van der Waals surface area contributed by atoms with Crippen LogP contribution in [0.25, 0.3) is 21.8 Å². The molecule has 2 aromatic heterocycles. The molecule has 0 atom stereocenters. The Labute approximate surface area is 279 Å². The zero-order valence-corrected chi connectivity index (χ0v) is 28.5. The number of halogens is 1. The highest BCUT2D eigenvalue weighted by atomic mass is 32.2. The van der Waals surface area contributed by atoms with Gasteiger partial charge in [0, 0.05) is 53.2 Å². The van der Waals surface area contributed by atoms with Gasteiger partial charge in [-0.15, -0.1) is 11.3 Å². The van der Waals surface area contributed by atoms with E-state index in [1.54, 1.807) is 18.4 Å². The van der Waals surface area contributed by atoms with Crippen LogP contribution in [-0.4, -0.2) is 54.3 Å². The number of hydrogen-bond acceptors (Lipinski definition) is 8. The number of carbonyl (C=O) groups excluding carboxylic acids is 1. The number of carbonyl (C=O) groups is 1. The third-order valence-corrected chi connectivity index (χ3v) is 11.1. The molecule has 0 amide bonds. The molecule has 3 heterocycles. The van der Waals surface area contributed by atoms with Crippen molar-refractivity contribution < 1.29 is 27.4 Å². The van der Waals surface area contributed by atoms with E-state index >= 15 is 4.39 Å². The molecule has 0 unspecified atom stereocenters. The number of thiazole rings is 1. The summed E-state index contributed by atoms with van der Waals surface area (Å²) in [6.45, 7) is 7.73. The number of hydrogen-bond donors (Lipinski definition) is 2. The van der Waals surface area contributed by atoms with Crippen LogP contribution in [0.5, 0.6) is 0 Å². The Morgan fingerprint density at radius 2 is 1.87 bits per heavy atom. The van der Waals surface area contributed by atoms with E-state index in [9.17, 15) is 18.3 Å². The van der Waals surface area contributed by atoms with Gasteiger partial charge in [0.25, 0.3) is 0 Å². The third-order valence-electron chi connectivity index (χ3n) is 9.25. The fourth-order valence-electron chi connectivity index (χ4n) is 6.47. The van der Waals surface area contributed by atoms with Crippen LogP contribution >= 0.6 is 11.3 Å². The van der Waals surface area contributed by atoms with E-state index in [0.29, 0.717) is 16.5 Å². The van der Waals surface area contributed by atoms with Crippen LogP contribution in [0.15, 0.2) is 58.8 Å². The molecule has 0 bridgehead atoms. The van der Waals surface area contributed by atoms with Gasteiger partial charge in [0.1, 0.15) is 15.7 Å². The predicted molar refractivity (Wildman–Crippen MR) is 181 cm³/mol. The van der Waals surface area contributed by atoms with Crippen molar-refractivity contribution in [3.8, 4) is 21.8 Å². The number of benzene rings is 2. The van der Waals surface area contributed by atoms with Crippen LogP contribution in [0, 0.1) is 17.7 Å². The van der Waals surface area contributed by atoms with E-state index in [2.05, 4.69) is 38.7 Å².